The van der Waals surface area contributed by atoms with Gasteiger partial charge in [-0.3, -0.25) is 9.30 Å². The SMILES string of the molecule is CCCCN(C)C(=NCCS(=O)(=O)N1CCc2ccccc21)NCC.I. The molecule has 0 aliphatic carbocycles. The fourth-order valence-corrected chi connectivity index (χ4v) is 4.33. The van der Waals surface area contributed by atoms with Gasteiger partial charge in [0, 0.05) is 26.7 Å². The van der Waals surface area contributed by atoms with Gasteiger partial charge in [0.15, 0.2) is 5.96 Å². The van der Waals surface area contributed by atoms with Gasteiger partial charge in [0.25, 0.3) is 0 Å². The first-order chi connectivity index (χ1) is 12.0. The van der Waals surface area contributed by atoms with E-state index in [4.69, 9.17) is 0 Å². The molecule has 0 spiro atoms. The summed E-state index contributed by atoms with van der Waals surface area (Å²) in [6.45, 7) is 6.64. The normalized spacial score (nSPS) is 14.0. The summed E-state index contributed by atoms with van der Waals surface area (Å²) in [6, 6.07) is 7.71. The molecule has 0 aromatic heterocycles. The number of hydrogen-bond acceptors (Lipinski definition) is 3. The van der Waals surface area contributed by atoms with Gasteiger partial charge in [0.05, 0.1) is 18.0 Å². The van der Waals surface area contributed by atoms with Gasteiger partial charge in [-0.2, -0.15) is 0 Å². The molecule has 2 rings (SSSR count). The fraction of sp³-hybridized carbons (Fsp3) is 0.611. The second-order valence-electron chi connectivity index (χ2n) is 6.28. The number of para-hydroxylation sites is 1. The summed E-state index contributed by atoms with van der Waals surface area (Å²) in [7, 11) is -1.36. The van der Waals surface area contributed by atoms with E-state index in [1.54, 1.807) is 0 Å². The predicted molar refractivity (Wildman–Crippen MR) is 120 cm³/mol. The molecule has 0 saturated heterocycles. The van der Waals surface area contributed by atoms with Gasteiger partial charge in [0.1, 0.15) is 0 Å². The number of unbranched alkanes of at least 4 members (excludes halogenated alkanes) is 1. The summed E-state index contributed by atoms with van der Waals surface area (Å²) >= 11 is 0. The third kappa shape index (κ3) is 6.00. The molecule has 6 nitrogen and oxygen atoms in total. The molecule has 1 aliphatic rings. The van der Waals surface area contributed by atoms with E-state index in [0.29, 0.717) is 6.54 Å². The Kier molecular flexibility index (Phi) is 9.70. The summed E-state index contributed by atoms with van der Waals surface area (Å²) < 4.78 is 26.9. The molecular formula is C18H31IN4O2S. The van der Waals surface area contributed by atoms with Gasteiger partial charge in [-0.1, -0.05) is 31.5 Å². The average molecular weight is 494 g/mol. The van der Waals surface area contributed by atoms with Crippen molar-refractivity contribution >= 4 is 45.6 Å². The number of hydrogen-bond donors (Lipinski definition) is 1. The molecule has 26 heavy (non-hydrogen) atoms. The molecule has 1 aromatic rings. The summed E-state index contributed by atoms with van der Waals surface area (Å²) in [4.78, 5) is 6.56. The molecule has 1 heterocycles. The Bertz CT molecular complexity index is 694. The molecular weight excluding hydrogens is 463 g/mol. The Balaban J connectivity index is 0.00000338. The molecule has 0 atom stereocenters. The first kappa shape index (κ1) is 23.0. The van der Waals surface area contributed by atoms with E-state index in [-0.39, 0.29) is 36.3 Å². The maximum atomic E-state index is 12.7. The highest BCUT2D eigenvalue weighted by Crippen LogP contribution is 2.29. The Morgan fingerprint density at radius 2 is 2.04 bits per heavy atom. The minimum absolute atomic E-state index is 0. The topological polar surface area (TPSA) is 65.0 Å². The number of nitrogens with zero attached hydrogens (tertiary/aromatic N) is 3. The summed E-state index contributed by atoms with van der Waals surface area (Å²) in [5.41, 5.74) is 1.92. The van der Waals surface area contributed by atoms with Crippen molar-refractivity contribution in [3.8, 4) is 0 Å². The number of anilines is 1. The van der Waals surface area contributed by atoms with Crippen LogP contribution in [-0.4, -0.2) is 58.3 Å². The summed E-state index contributed by atoms with van der Waals surface area (Å²) in [6.07, 6.45) is 2.98. The van der Waals surface area contributed by atoms with Crippen molar-refractivity contribution in [1.29, 1.82) is 0 Å². The van der Waals surface area contributed by atoms with Gasteiger partial charge < -0.3 is 10.2 Å². The molecule has 0 radical (unpaired) electrons. The molecule has 0 bridgehead atoms. The van der Waals surface area contributed by atoms with Crippen LogP contribution in [0.1, 0.15) is 32.3 Å². The van der Waals surface area contributed by atoms with Crippen LogP contribution < -0.4 is 9.62 Å². The Hall–Kier alpha value is -1.03. The van der Waals surface area contributed by atoms with Gasteiger partial charge >= 0.3 is 0 Å². The highest BCUT2D eigenvalue weighted by molar-refractivity contribution is 14.0. The van der Waals surface area contributed by atoms with E-state index in [2.05, 4.69) is 22.1 Å². The molecule has 1 N–H and O–H groups in total. The van der Waals surface area contributed by atoms with Crippen LogP contribution in [-0.2, 0) is 16.4 Å². The molecule has 0 amide bonds. The van der Waals surface area contributed by atoms with Crippen molar-refractivity contribution < 1.29 is 8.42 Å². The third-order valence-electron chi connectivity index (χ3n) is 4.33. The van der Waals surface area contributed by atoms with E-state index in [1.165, 1.54) is 4.31 Å². The predicted octanol–water partition coefficient (Wildman–Crippen LogP) is 2.69. The number of aliphatic imine (C=N–C) groups is 1. The van der Waals surface area contributed by atoms with Crippen LogP contribution >= 0.6 is 24.0 Å². The van der Waals surface area contributed by atoms with Crippen molar-refractivity contribution in [2.24, 2.45) is 4.99 Å². The third-order valence-corrected chi connectivity index (χ3v) is 6.08. The van der Waals surface area contributed by atoms with Gasteiger partial charge in [-0.15, -0.1) is 24.0 Å². The molecule has 1 aliphatic heterocycles. The minimum Gasteiger partial charge on any atom is -0.357 e. The van der Waals surface area contributed by atoms with E-state index in [1.807, 2.05) is 38.2 Å². The molecule has 0 unspecified atom stereocenters. The van der Waals surface area contributed by atoms with Gasteiger partial charge in [-0.25, -0.2) is 8.42 Å². The van der Waals surface area contributed by atoms with E-state index < -0.39 is 10.0 Å². The zero-order chi connectivity index (χ0) is 18.3. The van der Waals surface area contributed by atoms with Crippen molar-refractivity contribution in [1.82, 2.24) is 10.2 Å². The van der Waals surface area contributed by atoms with Crippen LogP contribution in [0, 0.1) is 0 Å². The largest absolute Gasteiger partial charge is 0.357 e. The zero-order valence-electron chi connectivity index (χ0n) is 15.9. The van der Waals surface area contributed by atoms with Crippen LogP contribution in [0.15, 0.2) is 29.3 Å². The fourth-order valence-electron chi connectivity index (χ4n) is 2.94. The first-order valence-corrected chi connectivity index (χ1v) is 10.7. The van der Waals surface area contributed by atoms with Crippen LogP contribution in [0.5, 0.6) is 0 Å². The molecule has 0 saturated carbocycles. The average Bonchev–Trinajstić information content (AvgIpc) is 3.03. The van der Waals surface area contributed by atoms with E-state index >= 15 is 0 Å². The lowest BCUT2D eigenvalue weighted by Gasteiger charge is -2.22. The molecule has 1 aromatic carbocycles. The number of halogens is 1. The number of guanidine groups is 1. The van der Waals surface area contributed by atoms with Crippen molar-refractivity contribution in [2.45, 2.75) is 33.1 Å². The van der Waals surface area contributed by atoms with Crippen molar-refractivity contribution in [3.63, 3.8) is 0 Å². The summed E-state index contributed by atoms with van der Waals surface area (Å²) in [5, 5.41) is 3.23. The molecule has 0 fully saturated rings. The maximum absolute atomic E-state index is 12.7. The number of fused-ring (bicyclic) bond motifs is 1. The van der Waals surface area contributed by atoms with Gasteiger partial charge in [0.2, 0.25) is 10.0 Å². The number of sulfonamides is 1. The lowest BCUT2D eigenvalue weighted by Crippen LogP contribution is -2.40. The Morgan fingerprint density at radius 3 is 2.73 bits per heavy atom. The van der Waals surface area contributed by atoms with Crippen LogP contribution in [0.25, 0.3) is 0 Å². The van der Waals surface area contributed by atoms with Gasteiger partial charge in [-0.05, 0) is 31.4 Å². The number of rotatable bonds is 8. The number of nitrogens with one attached hydrogen (secondary N) is 1. The summed E-state index contributed by atoms with van der Waals surface area (Å²) in [5.74, 6) is 0.797. The lowest BCUT2D eigenvalue weighted by molar-refractivity contribution is 0.465. The minimum atomic E-state index is -3.35. The van der Waals surface area contributed by atoms with E-state index in [9.17, 15) is 8.42 Å². The molecule has 8 heteroatoms. The van der Waals surface area contributed by atoms with Crippen molar-refractivity contribution in [3.05, 3.63) is 29.8 Å². The smallest absolute Gasteiger partial charge is 0.237 e. The Labute approximate surface area is 175 Å². The standard InChI is InChI=1S/C18H30N4O2S.HI/c1-4-6-13-21(3)18(19-5-2)20-12-15-25(23,24)22-14-11-16-9-7-8-10-17(16)22;/h7-10H,4-6,11-15H2,1-3H3,(H,19,20);1H. The van der Waals surface area contributed by atoms with Crippen LogP contribution in [0.4, 0.5) is 5.69 Å². The second kappa shape index (κ2) is 11.0. The highest BCUT2D eigenvalue weighted by Gasteiger charge is 2.28. The second-order valence-corrected chi connectivity index (χ2v) is 8.29. The Morgan fingerprint density at radius 1 is 1.31 bits per heavy atom. The van der Waals surface area contributed by atoms with E-state index in [0.717, 1.165) is 49.6 Å². The first-order valence-electron chi connectivity index (χ1n) is 9.07. The zero-order valence-corrected chi connectivity index (χ0v) is 19.1. The van der Waals surface area contributed by atoms with Crippen LogP contribution in [0.3, 0.4) is 0 Å². The van der Waals surface area contributed by atoms with Crippen molar-refractivity contribution in [2.75, 3.05) is 43.3 Å². The quantitative estimate of drug-likeness (QED) is 0.343. The highest BCUT2D eigenvalue weighted by atomic mass is 127. The maximum Gasteiger partial charge on any atom is 0.237 e. The lowest BCUT2D eigenvalue weighted by atomic mass is 10.2. The van der Waals surface area contributed by atoms with Crippen LogP contribution in [0.2, 0.25) is 0 Å². The monoisotopic (exact) mass is 494 g/mol. The number of benzene rings is 1. The molecule has 148 valence electrons.